The Morgan fingerprint density at radius 1 is 1.44 bits per heavy atom. The lowest BCUT2D eigenvalue weighted by Crippen LogP contribution is -2.48. The molecule has 1 atom stereocenters. The molecule has 16 heavy (non-hydrogen) atoms. The predicted octanol–water partition coefficient (Wildman–Crippen LogP) is -0.263. The third kappa shape index (κ3) is 2.52. The van der Waals surface area contributed by atoms with Crippen molar-refractivity contribution in [3.8, 4) is 6.07 Å². The Labute approximate surface area is 95.4 Å². The van der Waals surface area contributed by atoms with Gasteiger partial charge in [-0.05, 0) is 25.9 Å². The number of nitriles is 1. The molecule has 2 rings (SSSR count). The Hall–Kier alpha value is -1.12. The van der Waals surface area contributed by atoms with Crippen LogP contribution in [0.1, 0.15) is 12.8 Å². The summed E-state index contributed by atoms with van der Waals surface area (Å²) in [4.78, 5) is 13.9. The highest BCUT2D eigenvalue weighted by Gasteiger charge is 2.29. The molecular weight excluding hydrogens is 206 g/mol. The molecule has 0 aromatic rings. The van der Waals surface area contributed by atoms with Crippen molar-refractivity contribution in [3.63, 3.8) is 0 Å². The average Bonchev–Trinajstić information content (AvgIpc) is 2.39. The summed E-state index contributed by atoms with van der Waals surface area (Å²) in [6, 6.07) is 2.06. The topological polar surface area (TPSA) is 65.4 Å². The summed E-state index contributed by atoms with van der Waals surface area (Å²) in [7, 11) is 0. The van der Waals surface area contributed by atoms with E-state index in [1.165, 1.54) is 0 Å². The van der Waals surface area contributed by atoms with Crippen molar-refractivity contribution in [1.82, 2.24) is 10.2 Å². The summed E-state index contributed by atoms with van der Waals surface area (Å²) >= 11 is 0. The molecule has 0 bridgehead atoms. The van der Waals surface area contributed by atoms with E-state index in [-0.39, 0.29) is 11.8 Å². The maximum Gasteiger partial charge on any atom is 0.225 e. The minimum Gasteiger partial charge on any atom is -0.360 e. The maximum absolute atomic E-state index is 12.1. The molecule has 0 spiro atoms. The Morgan fingerprint density at radius 3 is 2.88 bits per heavy atom. The normalized spacial score (nSPS) is 27.4. The van der Waals surface area contributed by atoms with Crippen LogP contribution >= 0.6 is 0 Å². The highest BCUT2D eigenvalue weighted by Crippen LogP contribution is 2.17. The lowest BCUT2D eigenvalue weighted by molar-refractivity contribution is -0.142. The third-order valence-corrected chi connectivity index (χ3v) is 3.21. The minimum absolute atomic E-state index is 0.138. The van der Waals surface area contributed by atoms with Crippen LogP contribution in [-0.2, 0) is 9.53 Å². The summed E-state index contributed by atoms with van der Waals surface area (Å²) in [6.45, 7) is 3.37. The van der Waals surface area contributed by atoms with E-state index in [9.17, 15) is 4.79 Å². The van der Waals surface area contributed by atoms with E-state index < -0.39 is 6.10 Å². The van der Waals surface area contributed by atoms with Gasteiger partial charge < -0.3 is 15.0 Å². The number of ether oxygens (including phenoxy) is 1. The van der Waals surface area contributed by atoms with Crippen LogP contribution in [0.3, 0.4) is 0 Å². The molecule has 0 aliphatic carbocycles. The first-order valence-corrected chi connectivity index (χ1v) is 5.82. The van der Waals surface area contributed by atoms with Gasteiger partial charge in [-0.15, -0.1) is 0 Å². The molecule has 5 nitrogen and oxygen atoms in total. The number of morpholine rings is 1. The molecule has 2 aliphatic rings. The molecule has 0 radical (unpaired) electrons. The Kier molecular flexibility index (Phi) is 3.75. The monoisotopic (exact) mass is 223 g/mol. The number of rotatable bonds is 1. The van der Waals surface area contributed by atoms with Crippen molar-refractivity contribution < 1.29 is 9.53 Å². The van der Waals surface area contributed by atoms with Crippen molar-refractivity contribution in [1.29, 1.82) is 5.26 Å². The number of nitrogens with zero attached hydrogens (tertiary/aromatic N) is 2. The van der Waals surface area contributed by atoms with Gasteiger partial charge in [0.1, 0.15) is 0 Å². The first-order chi connectivity index (χ1) is 7.81. The van der Waals surface area contributed by atoms with Crippen LogP contribution in [0.5, 0.6) is 0 Å². The fraction of sp³-hybridized carbons (Fsp3) is 0.818. The maximum atomic E-state index is 12.1. The SMILES string of the molecule is N#CC1CN(C(=O)C2CCNCC2)CCO1. The molecule has 0 aromatic carbocycles. The Morgan fingerprint density at radius 2 is 2.19 bits per heavy atom. The zero-order valence-electron chi connectivity index (χ0n) is 9.32. The van der Waals surface area contributed by atoms with Crippen LogP contribution in [0.4, 0.5) is 0 Å². The molecule has 2 fully saturated rings. The van der Waals surface area contributed by atoms with E-state index in [1.54, 1.807) is 4.90 Å². The van der Waals surface area contributed by atoms with Crippen molar-refractivity contribution in [2.75, 3.05) is 32.8 Å². The summed E-state index contributed by atoms with van der Waals surface area (Å²) in [6.07, 6.45) is 1.38. The van der Waals surface area contributed by atoms with Crippen LogP contribution in [0.25, 0.3) is 0 Å². The van der Waals surface area contributed by atoms with Gasteiger partial charge in [0.05, 0.1) is 19.2 Å². The number of hydrogen-bond acceptors (Lipinski definition) is 4. The van der Waals surface area contributed by atoms with Crippen LogP contribution in [-0.4, -0.2) is 49.7 Å². The molecule has 0 aromatic heterocycles. The van der Waals surface area contributed by atoms with Crippen LogP contribution < -0.4 is 5.32 Å². The van der Waals surface area contributed by atoms with Gasteiger partial charge in [-0.1, -0.05) is 0 Å². The minimum atomic E-state index is -0.445. The van der Waals surface area contributed by atoms with Crippen molar-refractivity contribution in [2.24, 2.45) is 5.92 Å². The van der Waals surface area contributed by atoms with E-state index in [2.05, 4.69) is 11.4 Å². The van der Waals surface area contributed by atoms with E-state index in [0.29, 0.717) is 19.7 Å². The molecule has 2 saturated heterocycles. The highest BCUT2D eigenvalue weighted by molar-refractivity contribution is 5.79. The smallest absolute Gasteiger partial charge is 0.225 e. The molecule has 5 heteroatoms. The van der Waals surface area contributed by atoms with Crippen LogP contribution in [0.2, 0.25) is 0 Å². The number of carbonyl (C=O) groups excluding carboxylic acids is 1. The van der Waals surface area contributed by atoms with Gasteiger partial charge in [-0.25, -0.2) is 0 Å². The number of piperidine rings is 1. The van der Waals surface area contributed by atoms with Crippen LogP contribution in [0.15, 0.2) is 0 Å². The number of carbonyl (C=O) groups is 1. The second-order valence-electron chi connectivity index (χ2n) is 4.30. The molecular formula is C11H17N3O2. The highest BCUT2D eigenvalue weighted by atomic mass is 16.5. The van der Waals surface area contributed by atoms with Gasteiger partial charge in [0, 0.05) is 12.5 Å². The number of hydrogen-bond donors (Lipinski definition) is 1. The summed E-state index contributed by atoms with van der Waals surface area (Å²) in [5.41, 5.74) is 0. The van der Waals surface area contributed by atoms with Crippen molar-refractivity contribution in [3.05, 3.63) is 0 Å². The standard InChI is InChI=1S/C11H17N3O2/c12-7-10-8-14(5-6-16-10)11(15)9-1-3-13-4-2-9/h9-10,13H,1-6,8H2. The van der Waals surface area contributed by atoms with Crippen molar-refractivity contribution in [2.45, 2.75) is 18.9 Å². The second-order valence-corrected chi connectivity index (χ2v) is 4.30. The van der Waals surface area contributed by atoms with Crippen LogP contribution in [0, 0.1) is 17.2 Å². The first kappa shape index (κ1) is 11.4. The Bertz CT molecular complexity index is 294. The molecule has 1 unspecified atom stereocenters. The molecule has 2 aliphatic heterocycles. The molecule has 88 valence electrons. The zero-order chi connectivity index (χ0) is 11.4. The summed E-state index contributed by atoms with van der Waals surface area (Å²) in [5, 5.41) is 12.0. The van der Waals surface area contributed by atoms with Gasteiger partial charge >= 0.3 is 0 Å². The quantitative estimate of drug-likeness (QED) is 0.665. The fourth-order valence-corrected chi connectivity index (χ4v) is 2.25. The molecule has 1 N–H and O–H groups in total. The van der Waals surface area contributed by atoms with Gasteiger partial charge in [0.2, 0.25) is 5.91 Å². The summed E-state index contributed by atoms with van der Waals surface area (Å²) in [5.74, 6) is 0.337. The molecule has 2 heterocycles. The second kappa shape index (κ2) is 5.28. The fourth-order valence-electron chi connectivity index (χ4n) is 2.25. The van der Waals surface area contributed by atoms with Gasteiger partial charge in [0.15, 0.2) is 6.10 Å². The predicted molar refractivity (Wildman–Crippen MR) is 57.5 cm³/mol. The van der Waals surface area contributed by atoms with Gasteiger partial charge in [-0.3, -0.25) is 4.79 Å². The summed E-state index contributed by atoms with van der Waals surface area (Å²) < 4.78 is 5.23. The lowest BCUT2D eigenvalue weighted by atomic mass is 9.96. The van der Waals surface area contributed by atoms with Gasteiger partial charge in [0.25, 0.3) is 0 Å². The number of nitrogens with one attached hydrogen (secondary N) is 1. The van der Waals surface area contributed by atoms with E-state index in [0.717, 1.165) is 25.9 Å². The van der Waals surface area contributed by atoms with E-state index in [4.69, 9.17) is 10.00 Å². The van der Waals surface area contributed by atoms with E-state index in [1.807, 2.05) is 0 Å². The van der Waals surface area contributed by atoms with Gasteiger partial charge in [-0.2, -0.15) is 5.26 Å². The molecule has 0 saturated carbocycles. The average molecular weight is 223 g/mol. The largest absolute Gasteiger partial charge is 0.360 e. The van der Waals surface area contributed by atoms with E-state index >= 15 is 0 Å². The number of amides is 1. The Balaban J connectivity index is 1.90. The van der Waals surface area contributed by atoms with Crippen molar-refractivity contribution >= 4 is 5.91 Å². The molecule has 1 amide bonds. The first-order valence-electron chi connectivity index (χ1n) is 5.82. The zero-order valence-corrected chi connectivity index (χ0v) is 9.32. The lowest BCUT2D eigenvalue weighted by Gasteiger charge is -2.33. The third-order valence-electron chi connectivity index (χ3n) is 3.21.